The zero-order valence-electron chi connectivity index (χ0n) is 10.3. The highest BCUT2D eigenvalue weighted by Crippen LogP contribution is 2.28. The molecule has 2 aromatic rings. The van der Waals surface area contributed by atoms with E-state index in [1.54, 1.807) is 4.68 Å². The maximum absolute atomic E-state index is 6.28. The first-order valence-corrected chi connectivity index (χ1v) is 5.89. The fourth-order valence-corrected chi connectivity index (χ4v) is 2.02. The number of hydrogen-bond donors (Lipinski definition) is 0. The highest BCUT2D eigenvalue weighted by atomic mass is 35.5. The quantitative estimate of drug-likeness (QED) is 0.834. The molecule has 0 saturated heterocycles. The van der Waals surface area contributed by atoms with Crippen LogP contribution < -0.4 is 0 Å². The van der Waals surface area contributed by atoms with Crippen molar-refractivity contribution in [2.24, 2.45) is 7.05 Å². The fourth-order valence-electron chi connectivity index (χ4n) is 1.83. The molecule has 3 nitrogen and oxygen atoms in total. The van der Waals surface area contributed by atoms with Gasteiger partial charge in [0.1, 0.15) is 5.15 Å². The molecule has 0 fully saturated rings. The molecule has 0 radical (unpaired) electrons. The van der Waals surface area contributed by atoms with Crippen molar-refractivity contribution in [3.8, 4) is 11.3 Å². The largest absolute Gasteiger partial charge is 0.305 e. The third-order valence-electron chi connectivity index (χ3n) is 2.59. The fraction of sp³-hybridized carbons (Fsp3) is 0.308. The molecule has 2 rings (SSSR count). The lowest BCUT2D eigenvalue weighted by atomic mass is 10.1. The molecule has 1 aromatic heterocycles. The summed E-state index contributed by atoms with van der Waals surface area (Å²) in [6.45, 7) is 0.789. The molecule has 0 aliphatic carbocycles. The standard InChI is InChI=1S/C13H16ClN3/c1-16(2)9-11-12(15-17(3)13(11)14)10-7-5-4-6-8-10/h4-8H,9H2,1-3H3. The van der Waals surface area contributed by atoms with Crippen LogP contribution in [0.4, 0.5) is 0 Å². The van der Waals surface area contributed by atoms with E-state index in [4.69, 9.17) is 11.6 Å². The van der Waals surface area contributed by atoms with Crippen molar-refractivity contribution in [3.63, 3.8) is 0 Å². The van der Waals surface area contributed by atoms with Gasteiger partial charge in [-0.25, -0.2) is 0 Å². The maximum Gasteiger partial charge on any atom is 0.131 e. The molecule has 0 N–H and O–H groups in total. The number of aryl methyl sites for hydroxylation is 1. The second kappa shape index (κ2) is 4.90. The van der Waals surface area contributed by atoms with Crippen LogP contribution in [-0.2, 0) is 13.6 Å². The molecule has 0 aliphatic heterocycles. The molecule has 4 heteroatoms. The molecular weight excluding hydrogens is 234 g/mol. The smallest absolute Gasteiger partial charge is 0.131 e. The van der Waals surface area contributed by atoms with Crippen molar-refractivity contribution in [2.45, 2.75) is 6.54 Å². The van der Waals surface area contributed by atoms with Gasteiger partial charge >= 0.3 is 0 Å². The Bertz CT molecular complexity index is 503. The van der Waals surface area contributed by atoms with Crippen LogP contribution in [-0.4, -0.2) is 28.8 Å². The molecule has 0 unspecified atom stereocenters. The molecule has 0 spiro atoms. The van der Waals surface area contributed by atoms with Crippen molar-refractivity contribution in [1.82, 2.24) is 14.7 Å². The minimum atomic E-state index is 0.706. The van der Waals surface area contributed by atoms with E-state index in [1.807, 2.05) is 39.3 Å². The van der Waals surface area contributed by atoms with Gasteiger partial charge in [0, 0.05) is 24.7 Å². The van der Waals surface area contributed by atoms with Crippen molar-refractivity contribution in [2.75, 3.05) is 14.1 Å². The van der Waals surface area contributed by atoms with E-state index in [2.05, 4.69) is 22.1 Å². The van der Waals surface area contributed by atoms with Crippen molar-refractivity contribution < 1.29 is 0 Å². The predicted molar refractivity (Wildman–Crippen MR) is 71.0 cm³/mol. The van der Waals surface area contributed by atoms with Gasteiger partial charge < -0.3 is 4.90 Å². The molecule has 0 saturated carbocycles. The summed E-state index contributed by atoms with van der Waals surface area (Å²) in [7, 11) is 5.92. The summed E-state index contributed by atoms with van der Waals surface area (Å²) in [5, 5.41) is 5.20. The van der Waals surface area contributed by atoms with Crippen LogP contribution in [0.3, 0.4) is 0 Å². The SMILES string of the molecule is CN(C)Cc1c(-c2ccccc2)nn(C)c1Cl. The Morgan fingerprint density at radius 1 is 1.24 bits per heavy atom. The topological polar surface area (TPSA) is 21.1 Å². The van der Waals surface area contributed by atoms with E-state index in [-0.39, 0.29) is 0 Å². The second-order valence-corrected chi connectivity index (χ2v) is 4.70. The number of rotatable bonds is 3. The average molecular weight is 250 g/mol. The Hall–Kier alpha value is -1.32. The van der Waals surface area contributed by atoms with E-state index in [1.165, 1.54) is 0 Å². The monoisotopic (exact) mass is 249 g/mol. The third kappa shape index (κ3) is 2.51. The summed E-state index contributed by atoms with van der Waals surface area (Å²) in [6.07, 6.45) is 0. The molecule has 17 heavy (non-hydrogen) atoms. The van der Waals surface area contributed by atoms with Crippen LogP contribution in [0.15, 0.2) is 30.3 Å². The highest BCUT2D eigenvalue weighted by molar-refractivity contribution is 6.30. The van der Waals surface area contributed by atoms with Crippen LogP contribution in [0.25, 0.3) is 11.3 Å². The van der Waals surface area contributed by atoms with Gasteiger partial charge in [-0.1, -0.05) is 41.9 Å². The Morgan fingerprint density at radius 2 is 1.88 bits per heavy atom. The van der Waals surface area contributed by atoms with Crippen LogP contribution >= 0.6 is 11.6 Å². The van der Waals surface area contributed by atoms with Crippen LogP contribution in [0, 0.1) is 0 Å². The first-order valence-electron chi connectivity index (χ1n) is 5.51. The van der Waals surface area contributed by atoms with Crippen molar-refractivity contribution in [3.05, 3.63) is 41.0 Å². The van der Waals surface area contributed by atoms with Crippen LogP contribution in [0.1, 0.15) is 5.56 Å². The van der Waals surface area contributed by atoms with E-state index in [9.17, 15) is 0 Å². The number of halogens is 1. The van der Waals surface area contributed by atoms with Crippen LogP contribution in [0.2, 0.25) is 5.15 Å². The molecule has 1 aromatic carbocycles. The molecule has 90 valence electrons. The van der Waals surface area contributed by atoms with Gasteiger partial charge in [0.15, 0.2) is 0 Å². The van der Waals surface area contributed by atoms with Crippen molar-refractivity contribution in [1.29, 1.82) is 0 Å². The zero-order valence-corrected chi connectivity index (χ0v) is 11.1. The minimum Gasteiger partial charge on any atom is -0.305 e. The molecule has 0 amide bonds. The lowest BCUT2D eigenvalue weighted by Crippen LogP contribution is -2.11. The van der Waals surface area contributed by atoms with E-state index < -0.39 is 0 Å². The Balaban J connectivity index is 2.50. The normalized spacial score (nSPS) is 11.1. The van der Waals surface area contributed by atoms with Gasteiger partial charge in [0.25, 0.3) is 0 Å². The summed E-state index contributed by atoms with van der Waals surface area (Å²) in [6, 6.07) is 10.1. The number of hydrogen-bond acceptors (Lipinski definition) is 2. The molecule has 1 heterocycles. The maximum atomic E-state index is 6.28. The number of benzene rings is 1. The molecule has 0 aliphatic rings. The summed E-state index contributed by atoms with van der Waals surface area (Å²) in [4.78, 5) is 2.09. The summed E-state index contributed by atoms with van der Waals surface area (Å²) in [5.74, 6) is 0. The summed E-state index contributed by atoms with van der Waals surface area (Å²) >= 11 is 6.28. The van der Waals surface area contributed by atoms with Crippen LogP contribution in [0.5, 0.6) is 0 Å². The zero-order chi connectivity index (χ0) is 12.4. The first kappa shape index (κ1) is 12.1. The number of nitrogens with zero attached hydrogens (tertiary/aromatic N) is 3. The van der Waals surface area contributed by atoms with Gasteiger partial charge in [-0.2, -0.15) is 5.10 Å². The van der Waals surface area contributed by atoms with E-state index in [0.717, 1.165) is 23.4 Å². The molecule has 0 bridgehead atoms. The van der Waals surface area contributed by atoms with E-state index in [0.29, 0.717) is 5.15 Å². The molecular formula is C13H16ClN3. The lowest BCUT2D eigenvalue weighted by Gasteiger charge is -2.10. The van der Waals surface area contributed by atoms with Gasteiger partial charge in [0.05, 0.1) is 5.69 Å². The van der Waals surface area contributed by atoms with Gasteiger partial charge in [0.2, 0.25) is 0 Å². The van der Waals surface area contributed by atoms with Crippen molar-refractivity contribution >= 4 is 11.6 Å². The van der Waals surface area contributed by atoms with Gasteiger partial charge in [-0.05, 0) is 14.1 Å². The Labute approximate surface area is 107 Å². The summed E-state index contributed by atoms with van der Waals surface area (Å²) in [5.41, 5.74) is 3.14. The Kier molecular flexibility index (Phi) is 3.50. The predicted octanol–water partition coefficient (Wildman–Crippen LogP) is 2.80. The average Bonchev–Trinajstić information content (AvgIpc) is 2.58. The van der Waals surface area contributed by atoms with Gasteiger partial charge in [-0.15, -0.1) is 0 Å². The third-order valence-corrected chi connectivity index (χ3v) is 3.06. The minimum absolute atomic E-state index is 0.706. The second-order valence-electron chi connectivity index (χ2n) is 4.35. The van der Waals surface area contributed by atoms with Gasteiger partial charge in [-0.3, -0.25) is 4.68 Å². The van der Waals surface area contributed by atoms with E-state index >= 15 is 0 Å². The molecule has 0 atom stereocenters. The lowest BCUT2D eigenvalue weighted by molar-refractivity contribution is 0.403. The summed E-state index contributed by atoms with van der Waals surface area (Å²) < 4.78 is 1.72. The Morgan fingerprint density at radius 3 is 2.47 bits per heavy atom. The highest BCUT2D eigenvalue weighted by Gasteiger charge is 2.16. The first-order chi connectivity index (χ1) is 8.09. The number of aromatic nitrogens is 2.